The molecule has 4 rings (SSSR count). The highest BCUT2D eigenvalue weighted by Gasteiger charge is 2.35. The van der Waals surface area contributed by atoms with Crippen LogP contribution in [-0.4, -0.2) is 112 Å². The molecule has 0 aliphatic carbocycles. The quantitative estimate of drug-likeness (QED) is 0.175. The van der Waals surface area contributed by atoms with Crippen molar-refractivity contribution in [1.29, 1.82) is 0 Å². The Bertz CT molecular complexity index is 1690. The van der Waals surface area contributed by atoms with Gasteiger partial charge in [0.25, 0.3) is 5.91 Å². The second kappa shape index (κ2) is 18.1. The number of hydrogen-bond donors (Lipinski definition) is 3. The van der Waals surface area contributed by atoms with E-state index in [-0.39, 0.29) is 29.2 Å². The van der Waals surface area contributed by atoms with Gasteiger partial charge < -0.3 is 30.3 Å². The van der Waals surface area contributed by atoms with Crippen molar-refractivity contribution in [2.75, 3.05) is 82.6 Å². The van der Waals surface area contributed by atoms with E-state index in [2.05, 4.69) is 30.8 Å². The van der Waals surface area contributed by atoms with E-state index in [0.717, 1.165) is 12.8 Å². The fourth-order valence-electron chi connectivity index (χ4n) is 4.94. The molecule has 0 saturated carbocycles. The van der Waals surface area contributed by atoms with Crippen molar-refractivity contribution in [2.24, 2.45) is 0 Å². The van der Waals surface area contributed by atoms with Crippen molar-refractivity contribution in [2.45, 2.75) is 31.0 Å². The third-order valence-electron chi connectivity index (χ3n) is 7.74. The normalized spacial score (nSPS) is 14.0. The number of carbonyl (C=O) groups excluding carboxylic acids is 2. The first-order valence-corrected chi connectivity index (χ1v) is 18.0. The first-order valence-electron chi connectivity index (χ1n) is 16.1. The standard InChI is InChI=1S/C33H42F3N7O6S/c1-3-29(44)37-11-17-48-19-20-49-18-16-42-12-14-43(15-13-42)31(45)25-7-9-26(10-8-25)40-32-39-23-28(33(34,35)36)30(41-32)38-22-24-5-4-6-27(21-24)50(2,46)47/h4-10,21,23H,3,11-20,22H2,1-2H3,(H,37,44)(H2,38,39,40,41). The predicted molar refractivity (Wildman–Crippen MR) is 181 cm³/mol. The van der Waals surface area contributed by atoms with Crippen molar-refractivity contribution < 1.29 is 40.7 Å². The molecule has 0 unspecified atom stereocenters. The van der Waals surface area contributed by atoms with Gasteiger partial charge in [-0.25, -0.2) is 13.4 Å². The molecule has 17 heteroatoms. The zero-order valence-electron chi connectivity index (χ0n) is 28.0. The molecule has 1 aliphatic rings. The van der Waals surface area contributed by atoms with Gasteiger partial charge in [0.05, 0.1) is 31.3 Å². The third-order valence-corrected chi connectivity index (χ3v) is 8.85. The molecule has 2 heterocycles. The molecule has 1 aliphatic heterocycles. The molecule has 2 amide bonds. The van der Waals surface area contributed by atoms with E-state index in [1.54, 1.807) is 42.2 Å². The molecule has 50 heavy (non-hydrogen) atoms. The van der Waals surface area contributed by atoms with Gasteiger partial charge in [0.1, 0.15) is 11.4 Å². The number of hydrogen-bond acceptors (Lipinski definition) is 11. The highest BCUT2D eigenvalue weighted by molar-refractivity contribution is 7.90. The molecule has 1 saturated heterocycles. The third kappa shape index (κ3) is 11.9. The van der Waals surface area contributed by atoms with Gasteiger partial charge in [-0.1, -0.05) is 19.1 Å². The van der Waals surface area contributed by atoms with Crippen molar-refractivity contribution in [1.82, 2.24) is 25.1 Å². The first-order chi connectivity index (χ1) is 23.8. The lowest BCUT2D eigenvalue weighted by Crippen LogP contribution is -2.49. The summed E-state index contributed by atoms with van der Waals surface area (Å²) < 4.78 is 76.0. The van der Waals surface area contributed by atoms with Crippen LogP contribution in [0.5, 0.6) is 0 Å². The van der Waals surface area contributed by atoms with Crippen LogP contribution >= 0.6 is 0 Å². The maximum Gasteiger partial charge on any atom is 0.421 e. The summed E-state index contributed by atoms with van der Waals surface area (Å²) in [4.78, 5) is 36.2. The number of sulfone groups is 1. The number of halogens is 3. The molecular weight excluding hydrogens is 679 g/mol. The Morgan fingerprint density at radius 3 is 2.32 bits per heavy atom. The summed E-state index contributed by atoms with van der Waals surface area (Å²) >= 11 is 0. The molecule has 13 nitrogen and oxygen atoms in total. The number of nitrogens with one attached hydrogen (secondary N) is 3. The molecule has 3 N–H and O–H groups in total. The Morgan fingerprint density at radius 1 is 0.960 bits per heavy atom. The molecule has 0 spiro atoms. The lowest BCUT2D eigenvalue weighted by Gasteiger charge is -2.34. The minimum Gasteiger partial charge on any atom is -0.378 e. The van der Waals surface area contributed by atoms with Gasteiger partial charge in [-0.15, -0.1) is 0 Å². The summed E-state index contributed by atoms with van der Waals surface area (Å²) in [6.07, 6.45) is -2.57. The zero-order chi connectivity index (χ0) is 36.1. The first kappa shape index (κ1) is 38.5. The van der Waals surface area contributed by atoms with Crippen LogP contribution in [0.15, 0.2) is 59.6 Å². The number of benzene rings is 2. The lowest BCUT2D eigenvalue weighted by atomic mass is 10.1. The van der Waals surface area contributed by atoms with Gasteiger partial charge in [0.2, 0.25) is 11.9 Å². The Hall–Kier alpha value is -4.32. The molecule has 0 radical (unpaired) electrons. The summed E-state index contributed by atoms with van der Waals surface area (Å²) in [5.41, 5.74) is 0.308. The number of rotatable bonds is 17. The number of ether oxygens (including phenoxy) is 2. The maximum atomic E-state index is 13.7. The molecule has 1 aromatic heterocycles. The SMILES string of the molecule is CCC(=O)NCCOCCOCCN1CCN(C(=O)c2ccc(Nc3ncc(C(F)(F)F)c(NCc4cccc(S(C)(=O)=O)c4)n3)cc2)CC1. The van der Waals surface area contributed by atoms with Crippen LogP contribution in [0, 0.1) is 0 Å². The second-order valence-electron chi connectivity index (χ2n) is 11.5. The van der Waals surface area contributed by atoms with Crippen LogP contribution in [0.25, 0.3) is 0 Å². The smallest absolute Gasteiger partial charge is 0.378 e. The minimum atomic E-state index is -4.73. The fourth-order valence-corrected chi connectivity index (χ4v) is 5.63. The van der Waals surface area contributed by atoms with E-state index in [1.807, 2.05) is 0 Å². The van der Waals surface area contributed by atoms with Crippen molar-refractivity contribution in [3.8, 4) is 0 Å². The van der Waals surface area contributed by atoms with E-state index in [4.69, 9.17) is 9.47 Å². The molecule has 0 atom stereocenters. The summed E-state index contributed by atoms with van der Waals surface area (Å²) in [6.45, 7) is 7.28. The number of nitrogens with zero attached hydrogens (tertiary/aromatic N) is 4. The fraction of sp³-hybridized carbons (Fsp3) is 0.455. The molecule has 0 bridgehead atoms. The van der Waals surface area contributed by atoms with E-state index >= 15 is 0 Å². The van der Waals surface area contributed by atoms with Gasteiger partial charge in [-0.3, -0.25) is 14.5 Å². The van der Waals surface area contributed by atoms with Crippen LogP contribution in [0.1, 0.15) is 34.8 Å². The summed E-state index contributed by atoms with van der Waals surface area (Å²) in [7, 11) is -3.49. The Kier molecular flexibility index (Phi) is 13.9. The highest BCUT2D eigenvalue weighted by atomic mass is 32.2. The van der Waals surface area contributed by atoms with Crippen LogP contribution in [0.2, 0.25) is 0 Å². The van der Waals surface area contributed by atoms with Crippen LogP contribution < -0.4 is 16.0 Å². The second-order valence-corrected chi connectivity index (χ2v) is 13.5. The molecule has 272 valence electrons. The highest BCUT2D eigenvalue weighted by Crippen LogP contribution is 2.34. The summed E-state index contributed by atoms with van der Waals surface area (Å²) in [6, 6.07) is 12.4. The molecule has 1 fully saturated rings. The zero-order valence-corrected chi connectivity index (χ0v) is 28.8. The molecule has 3 aromatic rings. The summed E-state index contributed by atoms with van der Waals surface area (Å²) in [5, 5.41) is 8.27. The number of alkyl halides is 3. The van der Waals surface area contributed by atoms with Crippen molar-refractivity contribution in [3.63, 3.8) is 0 Å². The molecule has 2 aromatic carbocycles. The maximum absolute atomic E-state index is 13.7. The van der Waals surface area contributed by atoms with Gasteiger partial charge in [-0.05, 0) is 42.0 Å². The average molecular weight is 722 g/mol. The van der Waals surface area contributed by atoms with Crippen LogP contribution in [0.4, 0.5) is 30.6 Å². The minimum absolute atomic E-state index is 0.00693. The number of anilines is 3. The van der Waals surface area contributed by atoms with Crippen LogP contribution in [0.3, 0.4) is 0 Å². The number of aromatic nitrogens is 2. The van der Waals surface area contributed by atoms with Gasteiger partial charge in [-0.2, -0.15) is 18.2 Å². The Labute approximate surface area is 289 Å². The van der Waals surface area contributed by atoms with Gasteiger partial charge in [0.15, 0.2) is 9.84 Å². The lowest BCUT2D eigenvalue weighted by molar-refractivity contribution is -0.137. The van der Waals surface area contributed by atoms with Crippen molar-refractivity contribution in [3.05, 3.63) is 71.4 Å². The summed E-state index contributed by atoms with van der Waals surface area (Å²) in [5.74, 6) is -0.712. The molecular formula is C33H42F3N7O6S. The van der Waals surface area contributed by atoms with E-state index < -0.39 is 27.4 Å². The Balaban J connectivity index is 1.24. The Morgan fingerprint density at radius 2 is 1.66 bits per heavy atom. The van der Waals surface area contributed by atoms with Crippen LogP contribution in [-0.2, 0) is 36.8 Å². The van der Waals surface area contributed by atoms with Crippen molar-refractivity contribution >= 4 is 39.1 Å². The monoisotopic (exact) mass is 721 g/mol. The van der Waals surface area contributed by atoms with Gasteiger partial charge in [0, 0.05) is 75.9 Å². The van der Waals surface area contributed by atoms with Gasteiger partial charge >= 0.3 is 6.18 Å². The predicted octanol–water partition coefficient (Wildman–Crippen LogP) is 3.57. The number of amides is 2. The largest absolute Gasteiger partial charge is 0.421 e. The van der Waals surface area contributed by atoms with E-state index in [1.165, 1.54) is 18.2 Å². The average Bonchev–Trinajstić information content (AvgIpc) is 3.09. The van der Waals surface area contributed by atoms with E-state index in [9.17, 15) is 31.2 Å². The number of carbonyl (C=O) groups is 2. The number of piperazine rings is 1. The van der Waals surface area contributed by atoms with E-state index in [0.29, 0.717) is 88.6 Å². The topological polar surface area (TPSA) is 155 Å².